The molecule has 0 radical (unpaired) electrons. The highest BCUT2D eigenvalue weighted by atomic mass is 16.6. The minimum absolute atomic E-state index is 0.00424. The summed E-state index contributed by atoms with van der Waals surface area (Å²) >= 11 is 0. The van der Waals surface area contributed by atoms with E-state index in [0.717, 1.165) is 0 Å². The predicted octanol–water partition coefficient (Wildman–Crippen LogP) is 3.94. The smallest absolute Gasteiger partial charge is 0.291 e. The number of nitrogens with zero attached hydrogens (tertiary/aromatic N) is 2. The number of anilines is 1. The van der Waals surface area contributed by atoms with Crippen LogP contribution < -0.4 is 14.8 Å². The molecule has 0 atom stereocenters. The zero-order valence-corrected chi connectivity index (χ0v) is 15.6. The number of hydrogen-bond acceptors (Lipinski definition) is 8. The van der Waals surface area contributed by atoms with Crippen LogP contribution in [0.25, 0.3) is 0 Å². The van der Waals surface area contributed by atoms with Gasteiger partial charge in [0.05, 0.1) is 28.7 Å². The molecule has 1 amide bonds. The largest absolute Gasteiger partial charge is 0.496 e. The van der Waals surface area contributed by atoms with Crippen LogP contribution in [0.4, 0.5) is 17.1 Å². The van der Waals surface area contributed by atoms with E-state index in [-0.39, 0.29) is 35.2 Å². The summed E-state index contributed by atoms with van der Waals surface area (Å²) in [5, 5.41) is 24.2. The van der Waals surface area contributed by atoms with Crippen LogP contribution in [0.1, 0.15) is 16.3 Å². The normalized spacial score (nSPS) is 10.3. The fourth-order valence-corrected chi connectivity index (χ4v) is 2.47. The van der Waals surface area contributed by atoms with Crippen molar-refractivity contribution < 1.29 is 28.5 Å². The first kappa shape index (κ1) is 20.3. The van der Waals surface area contributed by atoms with Crippen LogP contribution in [0.5, 0.6) is 11.5 Å². The molecule has 2 aromatic carbocycles. The topological polar surface area (TPSA) is 147 Å². The molecule has 154 valence electrons. The number of non-ortho nitro benzene ring substituents is 2. The average Bonchev–Trinajstić information content (AvgIpc) is 3.21. The zero-order valence-electron chi connectivity index (χ0n) is 15.6. The molecular formula is C19H15N3O8. The van der Waals surface area contributed by atoms with E-state index >= 15 is 0 Å². The van der Waals surface area contributed by atoms with Crippen LogP contribution in [-0.4, -0.2) is 22.9 Å². The highest BCUT2D eigenvalue weighted by Gasteiger charge is 2.16. The second-order valence-corrected chi connectivity index (χ2v) is 5.94. The Morgan fingerprint density at radius 3 is 2.30 bits per heavy atom. The van der Waals surface area contributed by atoms with E-state index in [1.165, 1.54) is 61.7 Å². The lowest BCUT2D eigenvalue weighted by atomic mass is 10.2. The Morgan fingerprint density at radius 2 is 1.67 bits per heavy atom. The maximum atomic E-state index is 12.4. The molecule has 11 nitrogen and oxygen atoms in total. The van der Waals surface area contributed by atoms with Crippen LogP contribution >= 0.6 is 0 Å². The van der Waals surface area contributed by atoms with Gasteiger partial charge < -0.3 is 19.2 Å². The van der Waals surface area contributed by atoms with E-state index in [1.54, 1.807) is 0 Å². The first-order valence-electron chi connectivity index (χ1n) is 8.46. The highest BCUT2D eigenvalue weighted by Crippen LogP contribution is 2.26. The third-order valence-corrected chi connectivity index (χ3v) is 3.91. The third kappa shape index (κ3) is 4.90. The molecule has 11 heteroatoms. The third-order valence-electron chi connectivity index (χ3n) is 3.91. The molecule has 0 saturated heterocycles. The van der Waals surface area contributed by atoms with Gasteiger partial charge in [0, 0.05) is 24.3 Å². The Morgan fingerprint density at radius 1 is 0.967 bits per heavy atom. The summed E-state index contributed by atoms with van der Waals surface area (Å²) in [4.78, 5) is 32.9. The Labute approximate surface area is 169 Å². The van der Waals surface area contributed by atoms with Gasteiger partial charge in [-0.3, -0.25) is 25.0 Å². The van der Waals surface area contributed by atoms with E-state index in [4.69, 9.17) is 13.9 Å². The molecule has 0 unspecified atom stereocenters. The molecule has 1 N–H and O–H groups in total. The minimum atomic E-state index is -0.612. The van der Waals surface area contributed by atoms with Gasteiger partial charge in [-0.2, -0.15) is 0 Å². The molecule has 0 fully saturated rings. The van der Waals surface area contributed by atoms with Gasteiger partial charge in [-0.05, 0) is 24.3 Å². The number of rotatable bonds is 8. The summed E-state index contributed by atoms with van der Waals surface area (Å²) < 4.78 is 15.9. The molecule has 0 spiro atoms. The van der Waals surface area contributed by atoms with Crippen molar-refractivity contribution in [2.45, 2.75) is 6.61 Å². The lowest BCUT2D eigenvalue weighted by Crippen LogP contribution is -2.11. The summed E-state index contributed by atoms with van der Waals surface area (Å²) in [5.74, 6) is 0.319. The molecule has 3 rings (SSSR count). The number of benzene rings is 2. The van der Waals surface area contributed by atoms with Gasteiger partial charge >= 0.3 is 0 Å². The first-order valence-corrected chi connectivity index (χ1v) is 8.46. The lowest BCUT2D eigenvalue weighted by Gasteiger charge is -2.06. The van der Waals surface area contributed by atoms with Crippen molar-refractivity contribution in [3.05, 3.63) is 86.3 Å². The maximum Gasteiger partial charge on any atom is 0.291 e. The number of ether oxygens (including phenoxy) is 2. The number of nitro groups is 2. The summed E-state index contributed by atoms with van der Waals surface area (Å²) in [6.45, 7) is -0.00424. The van der Waals surface area contributed by atoms with Crippen molar-refractivity contribution in [3.8, 4) is 11.5 Å². The van der Waals surface area contributed by atoms with Gasteiger partial charge in [-0.25, -0.2) is 0 Å². The monoisotopic (exact) mass is 413 g/mol. The number of amides is 1. The molecule has 30 heavy (non-hydrogen) atoms. The second-order valence-electron chi connectivity index (χ2n) is 5.94. The van der Waals surface area contributed by atoms with Crippen LogP contribution in [0.2, 0.25) is 0 Å². The molecule has 0 aliphatic heterocycles. The lowest BCUT2D eigenvalue weighted by molar-refractivity contribution is -0.385. The number of methoxy groups -OCH3 is 1. The van der Waals surface area contributed by atoms with Gasteiger partial charge in [0.2, 0.25) is 0 Å². The van der Waals surface area contributed by atoms with E-state index in [0.29, 0.717) is 11.5 Å². The summed E-state index contributed by atoms with van der Waals surface area (Å²) in [5.41, 5.74) is -0.121. The average molecular weight is 413 g/mol. The van der Waals surface area contributed by atoms with Crippen LogP contribution in [-0.2, 0) is 6.61 Å². The number of nitrogens with one attached hydrogen (secondary N) is 1. The predicted molar refractivity (Wildman–Crippen MR) is 104 cm³/mol. The van der Waals surface area contributed by atoms with Crippen molar-refractivity contribution >= 4 is 23.0 Å². The summed E-state index contributed by atoms with van der Waals surface area (Å²) in [6, 6.07) is 12.3. The molecule has 0 aliphatic carbocycles. The molecule has 0 aliphatic rings. The summed E-state index contributed by atoms with van der Waals surface area (Å²) in [6.07, 6.45) is 0. The Balaban J connectivity index is 1.64. The van der Waals surface area contributed by atoms with Gasteiger partial charge in [0.15, 0.2) is 5.76 Å². The van der Waals surface area contributed by atoms with Gasteiger partial charge in [-0.1, -0.05) is 0 Å². The van der Waals surface area contributed by atoms with Crippen molar-refractivity contribution in [2.24, 2.45) is 0 Å². The molecule has 0 saturated carbocycles. The zero-order chi connectivity index (χ0) is 21.7. The van der Waals surface area contributed by atoms with Gasteiger partial charge in [0.1, 0.15) is 23.9 Å². The molecular weight excluding hydrogens is 398 g/mol. The van der Waals surface area contributed by atoms with Gasteiger partial charge in [-0.15, -0.1) is 0 Å². The number of carbonyl (C=O) groups excluding carboxylic acids is 1. The molecule has 0 bridgehead atoms. The van der Waals surface area contributed by atoms with Crippen LogP contribution in [0.3, 0.4) is 0 Å². The molecule has 1 heterocycles. The Kier molecular flexibility index (Phi) is 5.92. The SMILES string of the molecule is COc1cc(NC(=O)c2ccc(COc3ccc([N+](=O)[O-])cc3)o2)cc([N+](=O)[O-])c1. The van der Waals surface area contributed by atoms with E-state index in [9.17, 15) is 25.0 Å². The van der Waals surface area contributed by atoms with E-state index in [2.05, 4.69) is 5.32 Å². The quantitative estimate of drug-likeness (QED) is 0.431. The van der Waals surface area contributed by atoms with Gasteiger partial charge in [0.25, 0.3) is 17.3 Å². The van der Waals surface area contributed by atoms with Crippen molar-refractivity contribution in [3.63, 3.8) is 0 Å². The van der Waals surface area contributed by atoms with Crippen molar-refractivity contribution in [2.75, 3.05) is 12.4 Å². The fraction of sp³-hybridized carbons (Fsp3) is 0.105. The highest BCUT2D eigenvalue weighted by molar-refractivity contribution is 6.02. The molecule has 3 aromatic rings. The van der Waals surface area contributed by atoms with Crippen molar-refractivity contribution in [1.82, 2.24) is 0 Å². The first-order chi connectivity index (χ1) is 14.4. The number of nitro benzene ring substituents is 2. The standard InChI is InChI=1S/C19H15N3O8/c1-28-17-9-12(8-14(10-17)22(26)27)20-19(23)18-7-6-16(30-18)11-29-15-4-2-13(3-5-15)21(24)25/h2-10H,11H2,1H3,(H,20,23). The number of carbonyl (C=O) groups is 1. The van der Waals surface area contributed by atoms with Crippen LogP contribution in [0, 0.1) is 20.2 Å². The van der Waals surface area contributed by atoms with E-state index in [1.807, 2.05) is 0 Å². The maximum absolute atomic E-state index is 12.4. The number of furan rings is 1. The van der Waals surface area contributed by atoms with Crippen molar-refractivity contribution in [1.29, 1.82) is 0 Å². The summed E-state index contributed by atoms with van der Waals surface area (Å²) in [7, 11) is 1.36. The molecule has 1 aromatic heterocycles. The fourth-order valence-electron chi connectivity index (χ4n) is 2.47. The second kappa shape index (κ2) is 8.73. The Hall–Kier alpha value is -4.41. The Bertz CT molecular complexity index is 1090. The van der Waals surface area contributed by atoms with Crippen LogP contribution in [0.15, 0.2) is 59.0 Å². The minimum Gasteiger partial charge on any atom is -0.496 e. The van der Waals surface area contributed by atoms with E-state index < -0.39 is 15.8 Å². The number of hydrogen-bond donors (Lipinski definition) is 1.